The summed E-state index contributed by atoms with van der Waals surface area (Å²) in [5.41, 5.74) is 0.846. The van der Waals surface area contributed by atoms with Crippen LogP contribution in [0.25, 0.3) is 0 Å². The Morgan fingerprint density at radius 1 is 1.22 bits per heavy atom. The number of anilines is 1. The Labute approximate surface area is 110 Å². The normalized spacial score (nSPS) is 11.8. The van der Waals surface area contributed by atoms with Gasteiger partial charge in [0.15, 0.2) is 0 Å². The Hall–Kier alpha value is -1.07. The molecule has 1 aromatic carbocycles. The third-order valence-corrected chi connectivity index (χ3v) is 4.57. The van der Waals surface area contributed by atoms with E-state index in [9.17, 15) is 8.42 Å². The van der Waals surface area contributed by atoms with Crippen molar-refractivity contribution >= 4 is 15.7 Å². The minimum absolute atomic E-state index is 0.291. The first kappa shape index (κ1) is 15.0. The lowest BCUT2D eigenvalue weighted by molar-refractivity contribution is 0.519. The third kappa shape index (κ3) is 3.99. The topological polar surface area (TPSA) is 58.2 Å². The largest absolute Gasteiger partial charge is 0.385 e. The maximum Gasteiger partial charge on any atom is 0.240 e. The van der Waals surface area contributed by atoms with Crippen LogP contribution in [0.4, 0.5) is 5.69 Å². The van der Waals surface area contributed by atoms with Gasteiger partial charge in [0, 0.05) is 12.2 Å². The highest BCUT2D eigenvalue weighted by Gasteiger charge is 2.11. The fourth-order valence-corrected chi connectivity index (χ4v) is 2.51. The van der Waals surface area contributed by atoms with Gasteiger partial charge in [0.2, 0.25) is 10.0 Å². The quantitative estimate of drug-likeness (QED) is 0.800. The predicted molar refractivity (Wildman–Crippen MR) is 75.2 cm³/mol. The number of rotatable bonds is 7. The minimum Gasteiger partial charge on any atom is -0.385 e. The fourth-order valence-electron chi connectivity index (χ4n) is 1.73. The van der Waals surface area contributed by atoms with Crippen molar-refractivity contribution in [1.82, 2.24) is 4.72 Å². The fraction of sp³-hybridized carbons (Fsp3) is 0.538. The van der Waals surface area contributed by atoms with Gasteiger partial charge in [-0.1, -0.05) is 32.8 Å². The van der Waals surface area contributed by atoms with E-state index in [-0.39, 0.29) is 0 Å². The molecule has 4 nitrogen and oxygen atoms in total. The Balaban J connectivity index is 2.77. The van der Waals surface area contributed by atoms with E-state index in [0.29, 0.717) is 10.8 Å². The molecular weight excluding hydrogens is 248 g/mol. The first-order valence-corrected chi connectivity index (χ1v) is 7.79. The summed E-state index contributed by atoms with van der Waals surface area (Å²) < 4.78 is 25.6. The lowest BCUT2D eigenvalue weighted by Crippen LogP contribution is -2.19. The zero-order valence-corrected chi connectivity index (χ0v) is 12.0. The van der Waals surface area contributed by atoms with E-state index in [2.05, 4.69) is 23.9 Å². The van der Waals surface area contributed by atoms with E-state index in [1.165, 1.54) is 7.05 Å². The van der Waals surface area contributed by atoms with Crippen LogP contribution < -0.4 is 10.0 Å². The Bertz CT molecular complexity index is 468. The van der Waals surface area contributed by atoms with E-state index in [4.69, 9.17) is 0 Å². The van der Waals surface area contributed by atoms with Crippen LogP contribution in [0.1, 0.15) is 26.7 Å². The standard InChI is InChI=1S/C13H22N2O2S/c1-4-11(5-2)10-15-12-7-6-8-13(9-12)18(16,17)14-3/h6-9,11,14-15H,4-5,10H2,1-3H3. The summed E-state index contributed by atoms with van der Waals surface area (Å²) in [7, 11) is -1.94. The van der Waals surface area contributed by atoms with E-state index >= 15 is 0 Å². The summed E-state index contributed by atoms with van der Waals surface area (Å²) in [4.78, 5) is 0.291. The van der Waals surface area contributed by atoms with Crippen molar-refractivity contribution in [3.63, 3.8) is 0 Å². The van der Waals surface area contributed by atoms with Crippen molar-refractivity contribution in [2.24, 2.45) is 5.92 Å². The Morgan fingerprint density at radius 2 is 1.89 bits per heavy atom. The van der Waals surface area contributed by atoms with Gasteiger partial charge in [-0.05, 0) is 31.2 Å². The Morgan fingerprint density at radius 3 is 2.44 bits per heavy atom. The summed E-state index contributed by atoms with van der Waals surface area (Å²) in [6.07, 6.45) is 2.25. The zero-order chi connectivity index (χ0) is 13.6. The smallest absolute Gasteiger partial charge is 0.240 e. The SMILES string of the molecule is CCC(CC)CNc1cccc(S(=O)(=O)NC)c1. The van der Waals surface area contributed by atoms with E-state index in [0.717, 1.165) is 25.1 Å². The number of hydrogen-bond donors (Lipinski definition) is 2. The van der Waals surface area contributed by atoms with Crippen LogP contribution in [0.2, 0.25) is 0 Å². The molecule has 0 atom stereocenters. The predicted octanol–water partition coefficient (Wildman–Crippen LogP) is 2.44. The molecule has 5 heteroatoms. The molecule has 0 amide bonds. The van der Waals surface area contributed by atoms with E-state index in [1.807, 2.05) is 6.07 Å². The van der Waals surface area contributed by atoms with Gasteiger partial charge in [-0.3, -0.25) is 0 Å². The van der Waals surface area contributed by atoms with Gasteiger partial charge < -0.3 is 5.32 Å². The lowest BCUT2D eigenvalue weighted by atomic mass is 10.0. The van der Waals surface area contributed by atoms with E-state index < -0.39 is 10.0 Å². The average Bonchev–Trinajstić information content (AvgIpc) is 2.40. The summed E-state index contributed by atoms with van der Waals surface area (Å²) in [5.74, 6) is 0.620. The molecular formula is C13H22N2O2S. The third-order valence-electron chi connectivity index (χ3n) is 3.16. The van der Waals surface area contributed by atoms with Gasteiger partial charge in [0.1, 0.15) is 0 Å². The van der Waals surface area contributed by atoms with Crippen molar-refractivity contribution < 1.29 is 8.42 Å². The summed E-state index contributed by atoms with van der Waals surface area (Å²) in [5, 5.41) is 3.29. The molecule has 0 radical (unpaired) electrons. The van der Waals surface area contributed by atoms with Crippen LogP contribution in [0, 0.1) is 5.92 Å². The first-order valence-electron chi connectivity index (χ1n) is 6.31. The summed E-state index contributed by atoms with van der Waals surface area (Å²) in [6, 6.07) is 6.89. The first-order chi connectivity index (χ1) is 8.53. The minimum atomic E-state index is -3.36. The van der Waals surface area contributed by atoms with Crippen LogP contribution in [-0.4, -0.2) is 22.0 Å². The second-order valence-electron chi connectivity index (χ2n) is 4.30. The molecule has 0 aliphatic heterocycles. The zero-order valence-electron chi connectivity index (χ0n) is 11.2. The average molecular weight is 270 g/mol. The maximum absolute atomic E-state index is 11.7. The highest BCUT2D eigenvalue weighted by molar-refractivity contribution is 7.89. The van der Waals surface area contributed by atoms with E-state index in [1.54, 1.807) is 18.2 Å². The molecule has 2 N–H and O–H groups in total. The molecule has 1 aromatic rings. The molecule has 0 heterocycles. The molecule has 0 spiro atoms. The van der Waals surface area contributed by atoms with Crippen LogP contribution in [0.3, 0.4) is 0 Å². The molecule has 0 aliphatic carbocycles. The second kappa shape index (κ2) is 6.75. The van der Waals surface area contributed by atoms with Gasteiger partial charge >= 0.3 is 0 Å². The number of hydrogen-bond acceptors (Lipinski definition) is 3. The second-order valence-corrected chi connectivity index (χ2v) is 6.19. The molecule has 0 unspecified atom stereocenters. The van der Waals surface area contributed by atoms with Crippen LogP contribution in [0.5, 0.6) is 0 Å². The van der Waals surface area contributed by atoms with Gasteiger partial charge in [-0.2, -0.15) is 0 Å². The molecule has 102 valence electrons. The van der Waals surface area contributed by atoms with Crippen molar-refractivity contribution in [1.29, 1.82) is 0 Å². The van der Waals surface area contributed by atoms with Crippen molar-refractivity contribution in [3.05, 3.63) is 24.3 Å². The highest BCUT2D eigenvalue weighted by atomic mass is 32.2. The molecule has 18 heavy (non-hydrogen) atoms. The lowest BCUT2D eigenvalue weighted by Gasteiger charge is -2.14. The monoisotopic (exact) mass is 270 g/mol. The molecule has 0 saturated carbocycles. The van der Waals surface area contributed by atoms with Gasteiger partial charge in [0.05, 0.1) is 4.90 Å². The molecule has 0 saturated heterocycles. The van der Waals surface area contributed by atoms with Gasteiger partial charge in [0.25, 0.3) is 0 Å². The molecule has 0 aliphatic rings. The van der Waals surface area contributed by atoms with Crippen LogP contribution in [0.15, 0.2) is 29.2 Å². The Kier molecular flexibility index (Phi) is 5.62. The van der Waals surface area contributed by atoms with Crippen molar-refractivity contribution in [2.75, 3.05) is 18.9 Å². The highest BCUT2D eigenvalue weighted by Crippen LogP contribution is 2.16. The van der Waals surface area contributed by atoms with Gasteiger partial charge in [-0.15, -0.1) is 0 Å². The van der Waals surface area contributed by atoms with Gasteiger partial charge in [-0.25, -0.2) is 13.1 Å². The van der Waals surface area contributed by atoms with Crippen LogP contribution >= 0.6 is 0 Å². The summed E-state index contributed by atoms with van der Waals surface area (Å²) >= 11 is 0. The number of sulfonamides is 1. The van der Waals surface area contributed by atoms with Crippen LogP contribution in [-0.2, 0) is 10.0 Å². The van der Waals surface area contributed by atoms with Crippen molar-refractivity contribution in [2.45, 2.75) is 31.6 Å². The molecule has 0 fully saturated rings. The number of benzene rings is 1. The molecule has 1 rings (SSSR count). The number of nitrogens with one attached hydrogen (secondary N) is 2. The summed E-state index contributed by atoms with van der Waals surface area (Å²) in [6.45, 7) is 5.20. The molecule has 0 aromatic heterocycles. The maximum atomic E-state index is 11.7. The van der Waals surface area contributed by atoms with Crippen molar-refractivity contribution in [3.8, 4) is 0 Å². The molecule has 0 bridgehead atoms.